The predicted octanol–water partition coefficient (Wildman–Crippen LogP) is 4.84. The van der Waals surface area contributed by atoms with E-state index in [2.05, 4.69) is 21.2 Å². The molecule has 1 N–H and O–H groups in total. The molecule has 0 aliphatic rings. The van der Waals surface area contributed by atoms with Crippen LogP contribution in [0.25, 0.3) is 0 Å². The fourth-order valence-electron chi connectivity index (χ4n) is 3.53. The fourth-order valence-corrected chi connectivity index (χ4v) is 5.18. The average Bonchev–Trinajstić information content (AvgIpc) is 2.84. The van der Waals surface area contributed by atoms with Crippen molar-refractivity contribution in [1.82, 2.24) is 9.62 Å². The molecule has 1 unspecified atom stereocenters. The van der Waals surface area contributed by atoms with Gasteiger partial charge in [0.05, 0.1) is 31.7 Å². The van der Waals surface area contributed by atoms with E-state index in [-0.39, 0.29) is 24.0 Å². The SMILES string of the molecule is COc1ccc(C(C)NC(=O)CN(Cc2ccc(C)cc2)S(=O)(=O)c2ccc(Br)cc2)cc1OC. The molecule has 0 aromatic heterocycles. The molecule has 1 amide bonds. The van der Waals surface area contributed by atoms with Gasteiger partial charge in [-0.3, -0.25) is 4.79 Å². The molecular formula is C26H29BrN2O5S. The molecular weight excluding hydrogens is 532 g/mol. The van der Waals surface area contributed by atoms with Crippen LogP contribution in [-0.4, -0.2) is 39.4 Å². The molecule has 0 spiro atoms. The van der Waals surface area contributed by atoms with Crippen LogP contribution < -0.4 is 14.8 Å². The molecule has 186 valence electrons. The number of methoxy groups -OCH3 is 2. The Morgan fingerprint density at radius 1 is 0.971 bits per heavy atom. The van der Waals surface area contributed by atoms with Gasteiger partial charge in [0.2, 0.25) is 15.9 Å². The lowest BCUT2D eigenvalue weighted by Crippen LogP contribution is -2.41. The lowest BCUT2D eigenvalue weighted by atomic mass is 10.1. The minimum Gasteiger partial charge on any atom is -0.493 e. The van der Waals surface area contributed by atoms with Gasteiger partial charge in [-0.25, -0.2) is 8.42 Å². The third-order valence-electron chi connectivity index (χ3n) is 5.54. The first-order valence-corrected chi connectivity index (χ1v) is 13.2. The number of ether oxygens (including phenoxy) is 2. The van der Waals surface area contributed by atoms with Crippen molar-refractivity contribution in [2.24, 2.45) is 0 Å². The van der Waals surface area contributed by atoms with Crippen LogP contribution in [0.3, 0.4) is 0 Å². The maximum Gasteiger partial charge on any atom is 0.243 e. The highest BCUT2D eigenvalue weighted by Crippen LogP contribution is 2.30. The molecule has 3 rings (SSSR count). The van der Waals surface area contributed by atoms with Crippen molar-refractivity contribution < 1.29 is 22.7 Å². The Hall–Kier alpha value is -2.88. The van der Waals surface area contributed by atoms with Crippen molar-refractivity contribution in [3.63, 3.8) is 0 Å². The van der Waals surface area contributed by atoms with Gasteiger partial charge in [-0.2, -0.15) is 4.31 Å². The van der Waals surface area contributed by atoms with Crippen LogP contribution in [0.15, 0.2) is 76.1 Å². The van der Waals surface area contributed by atoms with Crippen LogP contribution in [0.5, 0.6) is 11.5 Å². The Labute approximate surface area is 215 Å². The zero-order chi connectivity index (χ0) is 25.6. The van der Waals surface area contributed by atoms with Crippen LogP contribution in [0.1, 0.15) is 29.7 Å². The second-order valence-corrected chi connectivity index (χ2v) is 11.0. The summed E-state index contributed by atoms with van der Waals surface area (Å²) in [5.41, 5.74) is 2.66. The van der Waals surface area contributed by atoms with Gasteiger partial charge in [0.25, 0.3) is 0 Å². The number of sulfonamides is 1. The molecule has 0 aliphatic carbocycles. The predicted molar refractivity (Wildman–Crippen MR) is 139 cm³/mol. The van der Waals surface area contributed by atoms with E-state index in [0.29, 0.717) is 11.5 Å². The van der Waals surface area contributed by atoms with Gasteiger partial charge < -0.3 is 14.8 Å². The number of nitrogens with one attached hydrogen (secondary N) is 1. The standard InChI is InChI=1S/C26H29BrN2O5S/c1-18-5-7-20(8-6-18)16-29(35(31,32)23-12-10-22(27)11-13-23)17-26(30)28-19(2)21-9-14-24(33-3)25(15-21)34-4/h5-15,19H,16-17H2,1-4H3,(H,28,30). The summed E-state index contributed by atoms with van der Waals surface area (Å²) in [5.74, 6) is 0.713. The molecule has 0 saturated carbocycles. The van der Waals surface area contributed by atoms with Crippen molar-refractivity contribution >= 4 is 31.9 Å². The summed E-state index contributed by atoms with van der Waals surface area (Å²) in [6.07, 6.45) is 0. The zero-order valence-corrected chi connectivity index (χ0v) is 22.5. The van der Waals surface area contributed by atoms with E-state index in [4.69, 9.17) is 9.47 Å². The van der Waals surface area contributed by atoms with E-state index >= 15 is 0 Å². The molecule has 3 aromatic carbocycles. The summed E-state index contributed by atoms with van der Waals surface area (Å²) >= 11 is 3.33. The normalized spacial score (nSPS) is 12.3. The molecule has 1 atom stereocenters. The molecule has 0 bridgehead atoms. The first-order chi connectivity index (χ1) is 16.6. The highest BCUT2D eigenvalue weighted by atomic mass is 79.9. The number of carbonyl (C=O) groups is 1. The summed E-state index contributed by atoms with van der Waals surface area (Å²) in [4.78, 5) is 13.1. The maximum absolute atomic E-state index is 13.5. The van der Waals surface area contributed by atoms with Crippen molar-refractivity contribution in [3.05, 3.63) is 87.9 Å². The third-order valence-corrected chi connectivity index (χ3v) is 7.87. The molecule has 35 heavy (non-hydrogen) atoms. The number of carbonyl (C=O) groups excluding carboxylic acids is 1. The Bertz CT molecular complexity index is 1260. The zero-order valence-electron chi connectivity index (χ0n) is 20.1. The molecule has 7 nitrogen and oxygen atoms in total. The minimum absolute atomic E-state index is 0.0663. The van der Waals surface area contributed by atoms with Gasteiger partial charge in [-0.15, -0.1) is 0 Å². The van der Waals surface area contributed by atoms with Gasteiger partial charge in [0.1, 0.15) is 0 Å². The molecule has 0 aliphatic heterocycles. The summed E-state index contributed by atoms with van der Waals surface area (Å²) in [6.45, 7) is 3.52. The summed E-state index contributed by atoms with van der Waals surface area (Å²) in [6, 6.07) is 18.9. The average molecular weight is 561 g/mol. The van der Waals surface area contributed by atoms with Crippen molar-refractivity contribution in [2.75, 3.05) is 20.8 Å². The van der Waals surface area contributed by atoms with E-state index in [0.717, 1.165) is 21.2 Å². The van der Waals surface area contributed by atoms with Crippen LogP contribution in [-0.2, 0) is 21.4 Å². The summed E-state index contributed by atoms with van der Waals surface area (Å²) < 4.78 is 39.5. The van der Waals surface area contributed by atoms with Gasteiger partial charge in [0, 0.05) is 11.0 Å². The van der Waals surface area contributed by atoms with Crippen molar-refractivity contribution in [2.45, 2.75) is 31.3 Å². The van der Waals surface area contributed by atoms with Crippen LogP contribution >= 0.6 is 15.9 Å². The summed E-state index contributed by atoms with van der Waals surface area (Å²) in [5, 5.41) is 2.89. The summed E-state index contributed by atoms with van der Waals surface area (Å²) in [7, 11) is -0.831. The second kappa shape index (κ2) is 11.7. The molecule has 0 saturated heterocycles. The van der Waals surface area contributed by atoms with Crippen LogP contribution in [0, 0.1) is 6.92 Å². The minimum atomic E-state index is -3.93. The van der Waals surface area contributed by atoms with Crippen molar-refractivity contribution in [1.29, 1.82) is 0 Å². The number of benzene rings is 3. The Morgan fingerprint density at radius 2 is 1.60 bits per heavy atom. The first-order valence-electron chi connectivity index (χ1n) is 11.0. The molecule has 0 radical (unpaired) electrons. The van der Waals surface area contributed by atoms with Crippen LogP contribution in [0.2, 0.25) is 0 Å². The highest BCUT2D eigenvalue weighted by Gasteiger charge is 2.27. The maximum atomic E-state index is 13.5. The number of hydrogen-bond acceptors (Lipinski definition) is 5. The largest absolute Gasteiger partial charge is 0.493 e. The van der Waals surface area contributed by atoms with Crippen LogP contribution in [0.4, 0.5) is 0 Å². The lowest BCUT2D eigenvalue weighted by Gasteiger charge is -2.23. The van der Waals surface area contributed by atoms with E-state index < -0.39 is 15.9 Å². The van der Waals surface area contributed by atoms with E-state index in [9.17, 15) is 13.2 Å². The third kappa shape index (κ3) is 6.84. The smallest absolute Gasteiger partial charge is 0.243 e. The van der Waals surface area contributed by atoms with E-state index in [1.54, 1.807) is 38.5 Å². The monoisotopic (exact) mass is 560 g/mol. The number of rotatable bonds is 10. The molecule has 0 fully saturated rings. The van der Waals surface area contributed by atoms with Gasteiger partial charge >= 0.3 is 0 Å². The number of nitrogens with zero attached hydrogens (tertiary/aromatic N) is 1. The van der Waals surface area contributed by atoms with Gasteiger partial charge in [-0.1, -0.05) is 51.8 Å². The number of amides is 1. The highest BCUT2D eigenvalue weighted by molar-refractivity contribution is 9.10. The lowest BCUT2D eigenvalue weighted by molar-refractivity contribution is -0.122. The Balaban J connectivity index is 1.83. The number of halogens is 1. The molecule has 9 heteroatoms. The Kier molecular flexibility index (Phi) is 8.93. The van der Waals surface area contributed by atoms with E-state index in [1.807, 2.05) is 44.2 Å². The van der Waals surface area contributed by atoms with Crippen molar-refractivity contribution in [3.8, 4) is 11.5 Å². The second-order valence-electron chi connectivity index (χ2n) is 8.12. The van der Waals surface area contributed by atoms with Gasteiger partial charge in [-0.05, 0) is 61.4 Å². The molecule has 0 heterocycles. The fraction of sp³-hybridized carbons (Fsp3) is 0.269. The van der Waals surface area contributed by atoms with E-state index in [1.165, 1.54) is 16.4 Å². The topological polar surface area (TPSA) is 84.9 Å². The van der Waals surface area contributed by atoms with Gasteiger partial charge in [0.15, 0.2) is 11.5 Å². The Morgan fingerprint density at radius 3 is 2.20 bits per heavy atom. The number of aryl methyl sites for hydroxylation is 1. The first kappa shape index (κ1) is 26.7. The quantitative estimate of drug-likeness (QED) is 0.383. The molecule has 3 aromatic rings. The number of hydrogen-bond donors (Lipinski definition) is 1.